The van der Waals surface area contributed by atoms with E-state index in [0.717, 1.165) is 5.56 Å². The van der Waals surface area contributed by atoms with Gasteiger partial charge in [0.15, 0.2) is 0 Å². The summed E-state index contributed by atoms with van der Waals surface area (Å²) < 4.78 is 5.58. The fourth-order valence-electron chi connectivity index (χ4n) is 1.77. The third-order valence-corrected chi connectivity index (χ3v) is 2.69. The van der Waals surface area contributed by atoms with Gasteiger partial charge in [-0.15, -0.1) is 0 Å². The number of hydrogen-bond acceptors (Lipinski definition) is 4. The summed E-state index contributed by atoms with van der Waals surface area (Å²) in [7, 11) is 0. The molecule has 0 spiro atoms. The van der Waals surface area contributed by atoms with Gasteiger partial charge in [-0.25, -0.2) is 0 Å². The zero-order valence-electron chi connectivity index (χ0n) is 11.4. The summed E-state index contributed by atoms with van der Waals surface area (Å²) in [5.74, 6) is 0.255. The number of para-hydroxylation sites is 1. The third kappa shape index (κ3) is 5.28. The molecular formula is C14H22N2O3. The van der Waals surface area contributed by atoms with E-state index in [1.54, 1.807) is 12.1 Å². The Labute approximate surface area is 113 Å². The van der Waals surface area contributed by atoms with Crippen LogP contribution in [0.4, 0.5) is 0 Å². The van der Waals surface area contributed by atoms with Gasteiger partial charge >= 0.3 is 0 Å². The van der Waals surface area contributed by atoms with Crippen LogP contribution in [0.5, 0.6) is 5.75 Å². The van der Waals surface area contributed by atoms with Crippen molar-refractivity contribution in [2.75, 3.05) is 6.61 Å². The van der Waals surface area contributed by atoms with Crippen molar-refractivity contribution in [3.8, 4) is 5.75 Å². The minimum absolute atomic E-state index is 0.0698. The number of primary amides is 1. The smallest absolute Gasteiger partial charge is 0.234 e. The summed E-state index contributed by atoms with van der Waals surface area (Å²) in [4.78, 5) is 11.3. The molecule has 0 aliphatic carbocycles. The van der Waals surface area contributed by atoms with Crippen molar-refractivity contribution in [3.05, 3.63) is 29.8 Å². The number of amides is 1. The molecule has 1 unspecified atom stereocenters. The largest absolute Gasteiger partial charge is 0.493 e. The van der Waals surface area contributed by atoms with Crippen LogP contribution in [0.2, 0.25) is 0 Å². The molecule has 1 amide bonds. The molecule has 5 nitrogen and oxygen atoms in total. The highest BCUT2D eigenvalue weighted by Crippen LogP contribution is 2.17. The molecule has 0 aliphatic rings. The standard InChI is InChI=1S/C14H22N2O3/c1-10(2)16-12(14(15)18)7-8-19-13-6-4-3-5-11(13)9-17/h3-6,10,12,16-17H,7-9H2,1-2H3,(H2,15,18). The lowest BCUT2D eigenvalue weighted by Gasteiger charge is -2.18. The molecule has 5 heteroatoms. The number of aliphatic hydroxyl groups is 1. The number of aliphatic hydroxyl groups excluding tert-OH is 1. The Balaban J connectivity index is 2.49. The molecule has 0 fully saturated rings. The number of nitrogens with one attached hydrogen (secondary N) is 1. The Morgan fingerprint density at radius 3 is 2.68 bits per heavy atom. The highest BCUT2D eigenvalue weighted by atomic mass is 16.5. The Morgan fingerprint density at radius 1 is 1.42 bits per heavy atom. The van der Waals surface area contributed by atoms with E-state index >= 15 is 0 Å². The van der Waals surface area contributed by atoms with Crippen molar-refractivity contribution in [3.63, 3.8) is 0 Å². The molecule has 19 heavy (non-hydrogen) atoms. The molecule has 1 rings (SSSR count). The van der Waals surface area contributed by atoms with Crippen LogP contribution in [-0.4, -0.2) is 29.7 Å². The third-order valence-electron chi connectivity index (χ3n) is 2.69. The minimum atomic E-state index is -0.402. The van der Waals surface area contributed by atoms with Gasteiger partial charge < -0.3 is 20.9 Å². The molecule has 1 aromatic rings. The van der Waals surface area contributed by atoms with E-state index < -0.39 is 6.04 Å². The second-order valence-corrected chi connectivity index (χ2v) is 4.68. The summed E-state index contributed by atoms with van der Waals surface area (Å²) in [5.41, 5.74) is 6.05. The zero-order valence-corrected chi connectivity index (χ0v) is 11.4. The number of nitrogens with two attached hydrogens (primary N) is 1. The van der Waals surface area contributed by atoms with Gasteiger partial charge in [-0.3, -0.25) is 4.79 Å². The molecule has 0 aromatic heterocycles. The second kappa shape index (κ2) is 7.76. The van der Waals surface area contributed by atoms with Crippen LogP contribution >= 0.6 is 0 Å². The zero-order chi connectivity index (χ0) is 14.3. The summed E-state index contributed by atoms with van der Waals surface area (Å²) >= 11 is 0. The molecule has 0 aliphatic heterocycles. The Bertz CT molecular complexity index is 407. The Hall–Kier alpha value is -1.59. The molecule has 0 heterocycles. The molecule has 0 bridgehead atoms. The summed E-state index contributed by atoms with van der Waals surface area (Å²) in [6.45, 7) is 4.21. The number of ether oxygens (including phenoxy) is 1. The van der Waals surface area contributed by atoms with E-state index in [4.69, 9.17) is 15.6 Å². The SMILES string of the molecule is CC(C)NC(CCOc1ccccc1CO)C(N)=O. The van der Waals surface area contributed by atoms with Crippen LogP contribution in [0.1, 0.15) is 25.8 Å². The van der Waals surface area contributed by atoms with Gasteiger partial charge in [-0.1, -0.05) is 32.0 Å². The van der Waals surface area contributed by atoms with Gasteiger partial charge in [0.1, 0.15) is 5.75 Å². The summed E-state index contributed by atoms with van der Waals surface area (Å²) in [6, 6.07) is 7.05. The second-order valence-electron chi connectivity index (χ2n) is 4.68. The van der Waals surface area contributed by atoms with Crippen molar-refractivity contribution < 1.29 is 14.6 Å². The first-order chi connectivity index (χ1) is 9.04. The minimum Gasteiger partial charge on any atom is -0.493 e. The summed E-state index contributed by atoms with van der Waals surface area (Å²) in [5, 5.41) is 12.3. The van der Waals surface area contributed by atoms with Gasteiger partial charge in [-0.05, 0) is 6.07 Å². The maximum atomic E-state index is 11.3. The van der Waals surface area contributed by atoms with E-state index in [2.05, 4.69) is 5.32 Å². The predicted molar refractivity (Wildman–Crippen MR) is 73.7 cm³/mol. The van der Waals surface area contributed by atoms with Crippen LogP contribution in [0.15, 0.2) is 24.3 Å². The van der Waals surface area contributed by atoms with E-state index in [-0.39, 0.29) is 18.6 Å². The molecule has 1 aromatic carbocycles. The van der Waals surface area contributed by atoms with Crippen LogP contribution in [0.25, 0.3) is 0 Å². The van der Waals surface area contributed by atoms with Crippen molar-refractivity contribution in [2.24, 2.45) is 5.73 Å². The molecular weight excluding hydrogens is 244 g/mol. The van der Waals surface area contributed by atoms with Crippen molar-refractivity contribution in [1.29, 1.82) is 0 Å². The van der Waals surface area contributed by atoms with E-state index in [1.165, 1.54) is 0 Å². The van der Waals surface area contributed by atoms with Crippen LogP contribution in [0.3, 0.4) is 0 Å². The molecule has 1 atom stereocenters. The van der Waals surface area contributed by atoms with Crippen LogP contribution in [0, 0.1) is 0 Å². The average molecular weight is 266 g/mol. The van der Waals surface area contributed by atoms with E-state index in [9.17, 15) is 4.79 Å². The fraction of sp³-hybridized carbons (Fsp3) is 0.500. The monoisotopic (exact) mass is 266 g/mol. The first-order valence-electron chi connectivity index (χ1n) is 6.41. The van der Waals surface area contributed by atoms with E-state index in [0.29, 0.717) is 18.8 Å². The number of rotatable bonds is 8. The number of benzene rings is 1. The van der Waals surface area contributed by atoms with Crippen molar-refractivity contribution in [1.82, 2.24) is 5.32 Å². The van der Waals surface area contributed by atoms with Gasteiger partial charge in [0.2, 0.25) is 5.91 Å². The van der Waals surface area contributed by atoms with Crippen LogP contribution < -0.4 is 15.8 Å². The highest BCUT2D eigenvalue weighted by molar-refractivity contribution is 5.79. The Morgan fingerprint density at radius 2 is 2.11 bits per heavy atom. The molecule has 0 saturated heterocycles. The van der Waals surface area contributed by atoms with Gasteiger partial charge in [0.05, 0.1) is 19.3 Å². The lowest BCUT2D eigenvalue weighted by molar-refractivity contribution is -0.120. The van der Waals surface area contributed by atoms with Crippen LogP contribution in [-0.2, 0) is 11.4 Å². The molecule has 4 N–H and O–H groups in total. The maximum absolute atomic E-state index is 11.3. The van der Waals surface area contributed by atoms with Gasteiger partial charge in [-0.2, -0.15) is 0 Å². The van der Waals surface area contributed by atoms with Gasteiger partial charge in [0.25, 0.3) is 0 Å². The fourth-order valence-corrected chi connectivity index (χ4v) is 1.77. The average Bonchev–Trinajstić information content (AvgIpc) is 2.37. The Kier molecular flexibility index (Phi) is 6.32. The lowest BCUT2D eigenvalue weighted by atomic mass is 10.1. The lowest BCUT2D eigenvalue weighted by Crippen LogP contribution is -2.45. The highest BCUT2D eigenvalue weighted by Gasteiger charge is 2.16. The van der Waals surface area contributed by atoms with Crippen molar-refractivity contribution in [2.45, 2.75) is 39.0 Å². The van der Waals surface area contributed by atoms with E-state index in [1.807, 2.05) is 26.0 Å². The molecule has 0 radical (unpaired) electrons. The summed E-state index contributed by atoms with van der Waals surface area (Å²) in [6.07, 6.45) is 0.493. The predicted octanol–water partition coefficient (Wildman–Crippen LogP) is 0.800. The maximum Gasteiger partial charge on any atom is 0.234 e. The molecule has 106 valence electrons. The number of carbonyl (C=O) groups is 1. The first kappa shape index (κ1) is 15.5. The first-order valence-corrected chi connectivity index (χ1v) is 6.41. The number of carbonyl (C=O) groups excluding carboxylic acids is 1. The van der Waals surface area contributed by atoms with Gasteiger partial charge in [0, 0.05) is 18.0 Å². The number of hydrogen-bond donors (Lipinski definition) is 3. The topological polar surface area (TPSA) is 84.6 Å². The normalized spacial score (nSPS) is 12.4. The molecule has 0 saturated carbocycles. The van der Waals surface area contributed by atoms with Crippen molar-refractivity contribution >= 4 is 5.91 Å². The quantitative estimate of drug-likeness (QED) is 0.650.